The van der Waals surface area contributed by atoms with Crippen LogP contribution < -0.4 is 11.1 Å². The molecule has 2 atom stereocenters. The summed E-state index contributed by atoms with van der Waals surface area (Å²) >= 11 is 1.50. The predicted molar refractivity (Wildman–Crippen MR) is 75.5 cm³/mol. The molecule has 19 heavy (non-hydrogen) atoms. The molecular formula is C14H19FN2OS. The lowest BCUT2D eigenvalue weighted by molar-refractivity contribution is -0.125. The van der Waals surface area contributed by atoms with Gasteiger partial charge in [-0.25, -0.2) is 4.39 Å². The smallest absolute Gasteiger partial charge is 0.237 e. The van der Waals surface area contributed by atoms with Crippen molar-refractivity contribution in [3.05, 3.63) is 30.1 Å². The second-order valence-electron chi connectivity index (χ2n) is 4.96. The SMILES string of the molecule is CNC1(C(N)=O)CCCC(Sc2ccccc2F)C1. The zero-order valence-electron chi connectivity index (χ0n) is 11.0. The minimum atomic E-state index is -0.638. The standard InChI is InChI=1S/C14H19FN2OS/c1-17-14(13(16)18)8-4-5-10(9-14)19-12-7-3-2-6-11(12)15/h2-3,6-7,10,17H,4-5,8-9H2,1H3,(H2,16,18). The highest BCUT2D eigenvalue weighted by atomic mass is 32.2. The summed E-state index contributed by atoms with van der Waals surface area (Å²) in [5.41, 5.74) is 4.88. The molecule has 0 saturated heterocycles. The van der Waals surface area contributed by atoms with Crippen molar-refractivity contribution in [3.8, 4) is 0 Å². The normalized spacial score (nSPS) is 27.2. The molecule has 5 heteroatoms. The van der Waals surface area contributed by atoms with E-state index < -0.39 is 5.54 Å². The Bertz CT molecular complexity index is 469. The molecule has 1 amide bonds. The van der Waals surface area contributed by atoms with Crippen LogP contribution >= 0.6 is 11.8 Å². The highest BCUT2D eigenvalue weighted by Gasteiger charge is 2.40. The maximum Gasteiger partial charge on any atom is 0.237 e. The van der Waals surface area contributed by atoms with Gasteiger partial charge in [-0.05, 0) is 44.9 Å². The van der Waals surface area contributed by atoms with Crippen molar-refractivity contribution in [3.63, 3.8) is 0 Å². The van der Waals surface area contributed by atoms with Gasteiger partial charge in [-0.1, -0.05) is 12.1 Å². The first kappa shape index (κ1) is 14.3. The Morgan fingerprint density at radius 1 is 1.53 bits per heavy atom. The predicted octanol–water partition coefficient (Wildman–Crippen LogP) is 2.30. The molecule has 1 aromatic carbocycles. The van der Waals surface area contributed by atoms with Crippen LogP contribution in [-0.4, -0.2) is 23.7 Å². The number of halogens is 1. The number of carbonyl (C=O) groups excluding carboxylic acids is 1. The number of likely N-dealkylation sites (N-methyl/N-ethyl adjacent to an activating group) is 1. The van der Waals surface area contributed by atoms with Crippen LogP contribution in [0.5, 0.6) is 0 Å². The average Bonchev–Trinajstić information content (AvgIpc) is 2.41. The minimum absolute atomic E-state index is 0.202. The van der Waals surface area contributed by atoms with E-state index in [-0.39, 0.29) is 17.0 Å². The number of benzene rings is 1. The molecular weight excluding hydrogens is 263 g/mol. The van der Waals surface area contributed by atoms with Crippen molar-refractivity contribution >= 4 is 17.7 Å². The van der Waals surface area contributed by atoms with Crippen molar-refractivity contribution in [1.82, 2.24) is 5.32 Å². The van der Waals surface area contributed by atoms with Crippen molar-refractivity contribution in [2.75, 3.05) is 7.05 Å². The minimum Gasteiger partial charge on any atom is -0.368 e. The Kier molecular flexibility index (Phi) is 4.47. The van der Waals surface area contributed by atoms with Gasteiger partial charge in [0, 0.05) is 10.1 Å². The van der Waals surface area contributed by atoms with E-state index in [1.165, 1.54) is 17.8 Å². The summed E-state index contributed by atoms with van der Waals surface area (Å²) in [5, 5.41) is 3.28. The molecule has 0 heterocycles. The van der Waals surface area contributed by atoms with E-state index in [0.29, 0.717) is 11.3 Å². The number of hydrogen-bond donors (Lipinski definition) is 2. The van der Waals surface area contributed by atoms with E-state index in [0.717, 1.165) is 19.3 Å². The van der Waals surface area contributed by atoms with E-state index >= 15 is 0 Å². The van der Waals surface area contributed by atoms with Gasteiger partial charge in [-0.2, -0.15) is 0 Å². The molecule has 0 radical (unpaired) electrons. The first-order valence-corrected chi connectivity index (χ1v) is 7.35. The second kappa shape index (κ2) is 5.92. The zero-order chi connectivity index (χ0) is 13.9. The Morgan fingerprint density at radius 3 is 2.89 bits per heavy atom. The fourth-order valence-electron chi connectivity index (χ4n) is 2.62. The van der Waals surface area contributed by atoms with Gasteiger partial charge in [0.2, 0.25) is 5.91 Å². The molecule has 1 aliphatic carbocycles. The molecule has 0 aliphatic heterocycles. The van der Waals surface area contributed by atoms with Crippen LogP contribution in [0.15, 0.2) is 29.2 Å². The Hall–Kier alpha value is -1.07. The molecule has 2 rings (SSSR count). The van der Waals surface area contributed by atoms with Crippen LogP contribution in [0.3, 0.4) is 0 Å². The van der Waals surface area contributed by atoms with Crippen LogP contribution in [0.2, 0.25) is 0 Å². The highest BCUT2D eigenvalue weighted by Crippen LogP contribution is 2.38. The number of primary amides is 1. The third kappa shape index (κ3) is 3.09. The van der Waals surface area contributed by atoms with E-state index in [9.17, 15) is 9.18 Å². The van der Waals surface area contributed by atoms with Gasteiger partial charge in [0.05, 0.1) is 5.54 Å². The molecule has 0 spiro atoms. The van der Waals surface area contributed by atoms with Gasteiger partial charge >= 0.3 is 0 Å². The van der Waals surface area contributed by atoms with Crippen molar-refractivity contribution < 1.29 is 9.18 Å². The number of thioether (sulfide) groups is 1. The van der Waals surface area contributed by atoms with Crippen LogP contribution in [-0.2, 0) is 4.79 Å². The van der Waals surface area contributed by atoms with Gasteiger partial charge in [-0.15, -0.1) is 11.8 Å². The molecule has 1 aromatic rings. The van der Waals surface area contributed by atoms with E-state index in [1.54, 1.807) is 19.2 Å². The maximum atomic E-state index is 13.6. The topological polar surface area (TPSA) is 55.1 Å². The van der Waals surface area contributed by atoms with Crippen molar-refractivity contribution in [2.45, 2.75) is 41.4 Å². The van der Waals surface area contributed by atoms with Crippen LogP contribution in [0.25, 0.3) is 0 Å². The van der Waals surface area contributed by atoms with Crippen molar-refractivity contribution in [1.29, 1.82) is 0 Å². The maximum absolute atomic E-state index is 13.6. The van der Waals surface area contributed by atoms with E-state index in [1.807, 2.05) is 6.07 Å². The summed E-state index contributed by atoms with van der Waals surface area (Å²) in [7, 11) is 1.76. The summed E-state index contributed by atoms with van der Waals surface area (Å²) in [6, 6.07) is 6.75. The first-order chi connectivity index (χ1) is 9.07. The Morgan fingerprint density at radius 2 is 2.26 bits per heavy atom. The quantitative estimate of drug-likeness (QED) is 0.891. The lowest BCUT2D eigenvalue weighted by Crippen LogP contribution is -2.57. The summed E-state index contributed by atoms with van der Waals surface area (Å²) in [6.07, 6.45) is 3.32. The van der Waals surface area contributed by atoms with Gasteiger partial charge in [0.15, 0.2) is 0 Å². The van der Waals surface area contributed by atoms with Gasteiger partial charge in [0.1, 0.15) is 5.82 Å². The Balaban J connectivity index is 2.10. The van der Waals surface area contributed by atoms with Crippen LogP contribution in [0, 0.1) is 5.82 Å². The van der Waals surface area contributed by atoms with E-state index in [4.69, 9.17) is 5.73 Å². The fraction of sp³-hybridized carbons (Fsp3) is 0.500. The van der Waals surface area contributed by atoms with Gasteiger partial charge in [-0.3, -0.25) is 4.79 Å². The highest BCUT2D eigenvalue weighted by molar-refractivity contribution is 8.00. The molecule has 104 valence electrons. The fourth-order valence-corrected chi connectivity index (χ4v) is 3.97. The molecule has 1 aliphatic rings. The van der Waals surface area contributed by atoms with Crippen LogP contribution in [0.1, 0.15) is 25.7 Å². The first-order valence-electron chi connectivity index (χ1n) is 6.47. The molecule has 3 nitrogen and oxygen atoms in total. The molecule has 3 N–H and O–H groups in total. The third-order valence-corrected chi connectivity index (χ3v) is 5.11. The Labute approximate surface area is 117 Å². The number of amides is 1. The molecule has 1 saturated carbocycles. The number of nitrogens with two attached hydrogens (primary N) is 1. The summed E-state index contributed by atoms with van der Waals surface area (Å²) in [4.78, 5) is 12.3. The van der Waals surface area contributed by atoms with Gasteiger partial charge < -0.3 is 11.1 Å². The van der Waals surface area contributed by atoms with Crippen LogP contribution in [0.4, 0.5) is 4.39 Å². The largest absolute Gasteiger partial charge is 0.368 e. The average molecular weight is 282 g/mol. The van der Waals surface area contributed by atoms with Crippen molar-refractivity contribution in [2.24, 2.45) is 5.73 Å². The van der Waals surface area contributed by atoms with E-state index in [2.05, 4.69) is 5.32 Å². The molecule has 1 fully saturated rings. The third-order valence-electron chi connectivity index (χ3n) is 3.79. The number of nitrogens with one attached hydrogen (secondary N) is 1. The molecule has 2 unspecified atom stereocenters. The number of hydrogen-bond acceptors (Lipinski definition) is 3. The summed E-state index contributed by atoms with van der Waals surface area (Å²) in [6.45, 7) is 0. The number of carbonyl (C=O) groups is 1. The lowest BCUT2D eigenvalue weighted by atomic mass is 9.81. The number of rotatable bonds is 4. The van der Waals surface area contributed by atoms with Gasteiger partial charge in [0.25, 0.3) is 0 Å². The second-order valence-corrected chi connectivity index (χ2v) is 6.31. The summed E-state index contributed by atoms with van der Waals surface area (Å²) < 4.78 is 13.6. The lowest BCUT2D eigenvalue weighted by Gasteiger charge is -2.38. The molecule has 0 aromatic heterocycles. The summed E-state index contributed by atoms with van der Waals surface area (Å²) in [5.74, 6) is -0.513. The monoisotopic (exact) mass is 282 g/mol. The molecule has 0 bridgehead atoms. The zero-order valence-corrected chi connectivity index (χ0v) is 11.8.